The molecule has 8 nitrogen and oxygen atoms in total. The SMILES string of the molecule is O=C(N/N=C\c1cc2ccccc2nc1Cl)C(=O)Nc1ccccc1C(=O)Nc1ccc(Cl)cc1. The fourth-order valence-corrected chi connectivity index (χ4v) is 3.43. The van der Waals surface area contributed by atoms with Gasteiger partial charge in [0.05, 0.1) is 23.0 Å². The van der Waals surface area contributed by atoms with E-state index in [2.05, 4.69) is 26.1 Å². The largest absolute Gasteiger partial charge is 0.329 e. The number of aromatic nitrogens is 1. The van der Waals surface area contributed by atoms with Crippen molar-refractivity contribution < 1.29 is 14.4 Å². The number of rotatable bonds is 5. The van der Waals surface area contributed by atoms with Crippen LogP contribution < -0.4 is 16.1 Å². The first-order chi connectivity index (χ1) is 16.9. The van der Waals surface area contributed by atoms with Crippen molar-refractivity contribution in [1.82, 2.24) is 10.4 Å². The van der Waals surface area contributed by atoms with Gasteiger partial charge < -0.3 is 10.6 Å². The molecule has 174 valence electrons. The Morgan fingerprint density at radius 3 is 2.34 bits per heavy atom. The van der Waals surface area contributed by atoms with Crippen molar-refractivity contribution in [3.63, 3.8) is 0 Å². The number of nitrogens with zero attached hydrogens (tertiary/aromatic N) is 2. The first-order valence-electron chi connectivity index (χ1n) is 10.3. The highest BCUT2D eigenvalue weighted by atomic mass is 35.5. The fraction of sp³-hybridized carbons (Fsp3) is 0. The molecular weight excluding hydrogens is 489 g/mol. The summed E-state index contributed by atoms with van der Waals surface area (Å²) in [6, 6.07) is 22.0. The van der Waals surface area contributed by atoms with E-state index < -0.39 is 17.7 Å². The second-order valence-electron chi connectivity index (χ2n) is 7.22. The van der Waals surface area contributed by atoms with Gasteiger partial charge in [0.25, 0.3) is 5.91 Å². The Labute approximate surface area is 210 Å². The van der Waals surface area contributed by atoms with Gasteiger partial charge in [-0.3, -0.25) is 14.4 Å². The lowest BCUT2D eigenvalue weighted by atomic mass is 10.1. The molecule has 0 unspecified atom stereocenters. The Bertz CT molecular complexity index is 1460. The second kappa shape index (κ2) is 10.8. The molecule has 3 N–H and O–H groups in total. The van der Waals surface area contributed by atoms with Crippen molar-refractivity contribution in [3.8, 4) is 0 Å². The van der Waals surface area contributed by atoms with Gasteiger partial charge in [-0.05, 0) is 48.5 Å². The van der Waals surface area contributed by atoms with Crippen molar-refractivity contribution in [1.29, 1.82) is 0 Å². The summed E-state index contributed by atoms with van der Waals surface area (Å²) in [5.74, 6) is -2.50. The number of nitrogens with one attached hydrogen (secondary N) is 3. The van der Waals surface area contributed by atoms with E-state index in [1.807, 2.05) is 24.3 Å². The van der Waals surface area contributed by atoms with Gasteiger partial charge >= 0.3 is 11.8 Å². The molecule has 0 fully saturated rings. The second-order valence-corrected chi connectivity index (χ2v) is 8.02. The van der Waals surface area contributed by atoms with Gasteiger partial charge in [0.15, 0.2) is 0 Å². The van der Waals surface area contributed by atoms with E-state index in [-0.39, 0.29) is 16.4 Å². The Balaban J connectivity index is 1.41. The highest BCUT2D eigenvalue weighted by Crippen LogP contribution is 2.20. The molecule has 4 rings (SSSR count). The quantitative estimate of drug-likeness (QED) is 0.155. The fourth-order valence-electron chi connectivity index (χ4n) is 3.11. The maximum atomic E-state index is 12.7. The number of pyridine rings is 1. The zero-order chi connectivity index (χ0) is 24.8. The number of hydrazone groups is 1. The molecule has 0 spiro atoms. The predicted octanol–water partition coefficient (Wildman–Crippen LogP) is 4.88. The van der Waals surface area contributed by atoms with Crippen molar-refractivity contribution in [2.24, 2.45) is 5.10 Å². The molecule has 10 heteroatoms. The van der Waals surface area contributed by atoms with E-state index in [4.69, 9.17) is 23.2 Å². The molecule has 35 heavy (non-hydrogen) atoms. The number of hydrogen-bond donors (Lipinski definition) is 3. The molecule has 0 radical (unpaired) electrons. The van der Waals surface area contributed by atoms with Gasteiger partial charge in [-0.25, -0.2) is 10.4 Å². The minimum absolute atomic E-state index is 0.157. The minimum atomic E-state index is -1.03. The minimum Gasteiger partial charge on any atom is -0.322 e. The molecule has 0 bridgehead atoms. The van der Waals surface area contributed by atoms with E-state index in [0.717, 1.165) is 10.9 Å². The summed E-state index contributed by atoms with van der Waals surface area (Å²) in [5.41, 5.74) is 4.17. The highest BCUT2D eigenvalue weighted by Gasteiger charge is 2.18. The predicted molar refractivity (Wildman–Crippen MR) is 137 cm³/mol. The lowest BCUT2D eigenvalue weighted by Gasteiger charge is -2.11. The van der Waals surface area contributed by atoms with Crippen molar-refractivity contribution in [3.05, 3.63) is 100 Å². The Hall–Kier alpha value is -4.27. The molecule has 0 aliphatic carbocycles. The summed E-state index contributed by atoms with van der Waals surface area (Å²) in [5, 5.41) is 10.5. The summed E-state index contributed by atoms with van der Waals surface area (Å²) in [4.78, 5) is 41.6. The number of carbonyl (C=O) groups is 3. The zero-order valence-electron chi connectivity index (χ0n) is 18.0. The lowest BCUT2D eigenvalue weighted by Crippen LogP contribution is -2.33. The molecular formula is C25H17Cl2N5O3. The third kappa shape index (κ3) is 6.00. The first-order valence-corrected chi connectivity index (χ1v) is 11.0. The maximum absolute atomic E-state index is 12.7. The Morgan fingerprint density at radius 2 is 1.54 bits per heavy atom. The number of fused-ring (bicyclic) bond motifs is 1. The molecule has 0 atom stereocenters. The molecule has 3 amide bonds. The maximum Gasteiger partial charge on any atom is 0.329 e. The highest BCUT2D eigenvalue weighted by molar-refractivity contribution is 6.40. The summed E-state index contributed by atoms with van der Waals surface area (Å²) in [6.45, 7) is 0. The molecule has 4 aromatic rings. The number of halogens is 2. The van der Waals surface area contributed by atoms with Crippen LogP contribution in [0.15, 0.2) is 84.0 Å². The monoisotopic (exact) mass is 505 g/mol. The number of carbonyl (C=O) groups excluding carboxylic acids is 3. The van der Waals surface area contributed by atoms with Crippen molar-refractivity contribution >= 4 is 69.4 Å². The van der Waals surface area contributed by atoms with Crippen molar-refractivity contribution in [2.45, 2.75) is 0 Å². The Morgan fingerprint density at radius 1 is 0.829 bits per heavy atom. The van der Waals surface area contributed by atoms with Gasteiger partial charge in [0, 0.05) is 21.7 Å². The van der Waals surface area contributed by atoms with E-state index >= 15 is 0 Å². The van der Waals surface area contributed by atoms with Crippen LogP contribution in [0.2, 0.25) is 10.2 Å². The van der Waals surface area contributed by atoms with Crippen LogP contribution in [0.4, 0.5) is 11.4 Å². The van der Waals surface area contributed by atoms with Crippen molar-refractivity contribution in [2.75, 3.05) is 10.6 Å². The molecule has 0 saturated heterocycles. The summed E-state index contributed by atoms with van der Waals surface area (Å²) in [6.07, 6.45) is 1.29. The number of benzene rings is 3. The molecule has 0 aliphatic rings. The Kier molecular flexibility index (Phi) is 7.35. The van der Waals surface area contributed by atoms with Crippen LogP contribution in [0, 0.1) is 0 Å². The van der Waals surface area contributed by atoms with E-state index in [1.54, 1.807) is 42.5 Å². The average molecular weight is 506 g/mol. The van der Waals surface area contributed by atoms with E-state index in [1.165, 1.54) is 18.3 Å². The van der Waals surface area contributed by atoms with Crippen LogP contribution in [-0.2, 0) is 9.59 Å². The van der Waals surface area contributed by atoms with Gasteiger partial charge in [-0.2, -0.15) is 5.10 Å². The molecule has 0 saturated carbocycles. The number of hydrogen-bond acceptors (Lipinski definition) is 5. The van der Waals surface area contributed by atoms with Crippen LogP contribution in [0.1, 0.15) is 15.9 Å². The van der Waals surface area contributed by atoms with Crippen LogP contribution in [-0.4, -0.2) is 28.9 Å². The average Bonchev–Trinajstić information content (AvgIpc) is 2.86. The van der Waals surface area contributed by atoms with Gasteiger partial charge in [0.1, 0.15) is 5.15 Å². The van der Waals surface area contributed by atoms with Gasteiger partial charge in [-0.1, -0.05) is 53.5 Å². The summed E-state index contributed by atoms with van der Waals surface area (Å²) < 4.78 is 0. The van der Waals surface area contributed by atoms with Crippen LogP contribution >= 0.6 is 23.2 Å². The zero-order valence-corrected chi connectivity index (χ0v) is 19.5. The third-order valence-electron chi connectivity index (χ3n) is 4.80. The van der Waals surface area contributed by atoms with E-state index in [9.17, 15) is 14.4 Å². The third-order valence-corrected chi connectivity index (χ3v) is 5.36. The molecule has 1 aromatic heterocycles. The first kappa shape index (κ1) is 23.9. The van der Waals surface area contributed by atoms with Gasteiger partial charge in [-0.15, -0.1) is 0 Å². The van der Waals surface area contributed by atoms with Gasteiger partial charge in [0.2, 0.25) is 0 Å². The van der Waals surface area contributed by atoms with Crippen LogP contribution in [0.25, 0.3) is 10.9 Å². The standard InChI is InChI=1S/C25H17Cl2N5O3/c26-17-9-11-18(12-10-17)29-23(33)19-6-2-4-8-21(19)31-24(34)25(35)32-28-14-16-13-15-5-1-3-7-20(15)30-22(16)27/h1-14H,(H,29,33)(H,31,34)(H,32,35)/b28-14-. The number of amides is 3. The van der Waals surface area contributed by atoms with E-state index in [0.29, 0.717) is 16.3 Å². The molecule has 3 aromatic carbocycles. The number of anilines is 2. The number of para-hydroxylation sites is 2. The van der Waals surface area contributed by atoms with Crippen LogP contribution in [0.5, 0.6) is 0 Å². The summed E-state index contributed by atoms with van der Waals surface area (Å²) >= 11 is 12.0. The summed E-state index contributed by atoms with van der Waals surface area (Å²) in [7, 11) is 0. The topological polar surface area (TPSA) is 113 Å². The normalized spacial score (nSPS) is 10.8. The molecule has 1 heterocycles. The smallest absolute Gasteiger partial charge is 0.322 e. The lowest BCUT2D eigenvalue weighted by molar-refractivity contribution is -0.136. The molecule has 0 aliphatic heterocycles. The van der Waals surface area contributed by atoms with Crippen LogP contribution in [0.3, 0.4) is 0 Å².